The largest absolute Gasteiger partial charge is 0.263 e. The van der Waals surface area contributed by atoms with E-state index in [1.807, 2.05) is 57.2 Å². The minimum absolute atomic E-state index is 0.695. The minimum Gasteiger partial charge on any atom is -0.263 e. The molecule has 0 spiro atoms. The van der Waals surface area contributed by atoms with Gasteiger partial charge in [0.05, 0.1) is 17.1 Å². The number of allylic oxidation sites excluding steroid dienone is 1. The molecule has 0 saturated heterocycles. The van der Waals surface area contributed by atoms with Crippen molar-refractivity contribution >= 4 is 36.6 Å². The summed E-state index contributed by atoms with van der Waals surface area (Å²) in [6.07, 6.45) is 11.0. The van der Waals surface area contributed by atoms with Gasteiger partial charge in [-0.05, 0) is 44.5 Å². The molecule has 2 rings (SSSR count). The number of hydrogen-bond donors (Lipinski definition) is 0. The smallest absolute Gasteiger partial charge is 0.0959 e. The van der Waals surface area contributed by atoms with E-state index in [1.54, 1.807) is 36.0 Å². The van der Waals surface area contributed by atoms with Gasteiger partial charge in [0.15, 0.2) is 0 Å². The first-order valence-electron chi connectivity index (χ1n) is 8.90. The van der Waals surface area contributed by atoms with Gasteiger partial charge in [-0.1, -0.05) is 44.0 Å². The van der Waals surface area contributed by atoms with Gasteiger partial charge in [0.1, 0.15) is 0 Å². The zero-order valence-electron chi connectivity index (χ0n) is 16.6. The molecule has 0 saturated carbocycles. The molecular weight excluding hydrogens is 362 g/mol. The van der Waals surface area contributed by atoms with Crippen LogP contribution in [-0.4, -0.2) is 15.0 Å². The van der Waals surface area contributed by atoms with Crippen LogP contribution in [0.4, 0.5) is 0 Å². The minimum atomic E-state index is 0.695. The van der Waals surface area contributed by atoms with Crippen molar-refractivity contribution in [2.24, 2.45) is 0 Å². The summed E-state index contributed by atoms with van der Waals surface area (Å²) in [4.78, 5) is 13.7. The molecule has 3 nitrogen and oxygen atoms in total. The van der Waals surface area contributed by atoms with Crippen molar-refractivity contribution in [3.8, 4) is 11.4 Å². The van der Waals surface area contributed by atoms with Crippen molar-refractivity contribution in [3.05, 3.63) is 86.3 Å². The average molecular weight is 388 g/mol. The van der Waals surface area contributed by atoms with Gasteiger partial charge in [0, 0.05) is 38.1 Å². The summed E-state index contributed by atoms with van der Waals surface area (Å²) in [5, 5.41) is 1.73. The molecule has 0 atom stereocenters. The van der Waals surface area contributed by atoms with Crippen molar-refractivity contribution in [1.82, 2.24) is 15.0 Å². The predicted molar refractivity (Wildman–Crippen MR) is 122 cm³/mol. The van der Waals surface area contributed by atoms with Gasteiger partial charge in [-0.25, -0.2) is 4.98 Å². The maximum Gasteiger partial charge on any atom is 0.0959 e. The summed E-state index contributed by atoms with van der Waals surface area (Å²) in [6, 6.07) is 7.79. The molecule has 0 bridgehead atoms. The van der Waals surface area contributed by atoms with Crippen molar-refractivity contribution in [2.75, 3.05) is 0 Å². The van der Waals surface area contributed by atoms with Gasteiger partial charge < -0.3 is 0 Å². The molecule has 0 unspecified atom stereocenters. The molecule has 0 radical (unpaired) electrons. The van der Waals surface area contributed by atoms with Gasteiger partial charge in [-0.15, -0.1) is 11.3 Å². The highest BCUT2D eigenvalue weighted by Crippen LogP contribution is 2.06. The van der Waals surface area contributed by atoms with Crippen LogP contribution in [0.5, 0.6) is 0 Å². The van der Waals surface area contributed by atoms with E-state index in [1.165, 1.54) is 0 Å². The van der Waals surface area contributed by atoms with E-state index in [-0.39, 0.29) is 0 Å². The lowest BCUT2D eigenvalue weighted by Crippen LogP contribution is -2.36. The summed E-state index contributed by atoms with van der Waals surface area (Å²) in [7, 11) is 0. The summed E-state index contributed by atoms with van der Waals surface area (Å²) < 4.78 is 1.94. The number of rotatable bonds is 2. The molecule has 0 aliphatic carbocycles. The number of nitrogens with zero attached hydrogens (tertiary/aromatic N) is 3. The lowest BCUT2D eigenvalue weighted by molar-refractivity contribution is 1.15. The molecule has 0 aliphatic heterocycles. The van der Waals surface area contributed by atoms with E-state index >= 15 is 0 Å². The zero-order chi connectivity index (χ0) is 20.5. The van der Waals surface area contributed by atoms with E-state index in [0.717, 1.165) is 36.5 Å². The Morgan fingerprint density at radius 2 is 1.82 bits per heavy atom. The molecule has 142 valence electrons. The van der Waals surface area contributed by atoms with Crippen molar-refractivity contribution in [1.29, 1.82) is 0 Å². The van der Waals surface area contributed by atoms with Crippen LogP contribution in [0.25, 0.3) is 36.7 Å². The quantitative estimate of drug-likeness (QED) is 0.795. The fraction of sp³-hybridized carbons (Fsp3) is 0.125. The first-order valence-corrected chi connectivity index (χ1v) is 9.72. The van der Waals surface area contributed by atoms with Gasteiger partial charge in [0.2, 0.25) is 0 Å². The van der Waals surface area contributed by atoms with E-state index in [0.29, 0.717) is 5.69 Å². The third-order valence-electron chi connectivity index (χ3n) is 3.86. The van der Waals surface area contributed by atoms with Crippen LogP contribution in [0.1, 0.15) is 18.2 Å². The van der Waals surface area contributed by atoms with Crippen molar-refractivity contribution in [3.63, 3.8) is 0 Å². The van der Waals surface area contributed by atoms with E-state index in [2.05, 4.69) is 29.7 Å². The highest BCUT2D eigenvalue weighted by Gasteiger charge is 2.01. The topological polar surface area (TPSA) is 38.7 Å². The first kappa shape index (κ1) is 21.2. The lowest BCUT2D eigenvalue weighted by atomic mass is 10.2. The Morgan fingerprint density at radius 1 is 1.04 bits per heavy atom. The zero-order valence-corrected chi connectivity index (χ0v) is 17.5. The molecule has 0 aliphatic rings. The van der Waals surface area contributed by atoms with Gasteiger partial charge in [-0.3, -0.25) is 9.97 Å². The van der Waals surface area contributed by atoms with Crippen LogP contribution in [0.15, 0.2) is 55.5 Å². The number of hydrogen-bond acceptors (Lipinski definition) is 4. The fourth-order valence-electron chi connectivity index (χ4n) is 2.48. The highest BCUT2D eigenvalue weighted by molar-refractivity contribution is 7.07. The second-order valence-corrected chi connectivity index (χ2v) is 7.29. The normalized spacial score (nSPS) is 11.5. The molecule has 0 N–H and O–H groups in total. The maximum absolute atomic E-state index is 4.74. The average Bonchev–Trinajstić information content (AvgIpc) is 2.72. The second kappa shape index (κ2) is 10.3. The van der Waals surface area contributed by atoms with Crippen LogP contribution in [-0.2, 0) is 0 Å². The molecule has 2 aromatic heterocycles. The van der Waals surface area contributed by atoms with E-state index < -0.39 is 0 Å². The van der Waals surface area contributed by atoms with Crippen molar-refractivity contribution < 1.29 is 0 Å². The Labute approximate surface area is 170 Å². The molecule has 28 heavy (non-hydrogen) atoms. The Hall–Kier alpha value is -3.11. The predicted octanol–water partition coefficient (Wildman–Crippen LogP) is 3.05. The van der Waals surface area contributed by atoms with Crippen LogP contribution >= 0.6 is 11.3 Å². The second-order valence-electron chi connectivity index (χ2n) is 6.12. The SMILES string of the molecule is C=C/C=c1/c(=C)c(-c2ccc(C)ccncc(C)n2)nccc(=C)s/c1=C/C. The third kappa shape index (κ3) is 5.69. The summed E-state index contributed by atoms with van der Waals surface area (Å²) in [5.41, 5.74) is 3.26. The fourth-order valence-corrected chi connectivity index (χ4v) is 3.31. The highest BCUT2D eigenvalue weighted by atomic mass is 32.1. The van der Waals surface area contributed by atoms with Crippen LogP contribution in [0.3, 0.4) is 0 Å². The first-order chi connectivity index (χ1) is 13.5. The Balaban J connectivity index is 3.15. The molecule has 2 aromatic rings. The molecule has 0 amide bonds. The Bertz CT molecular complexity index is 1210. The summed E-state index contributed by atoms with van der Waals surface area (Å²) in [5.74, 6) is 0. The van der Waals surface area contributed by atoms with E-state index in [4.69, 9.17) is 4.98 Å². The monoisotopic (exact) mass is 387 g/mol. The van der Waals surface area contributed by atoms with Gasteiger partial charge in [-0.2, -0.15) is 0 Å². The van der Waals surface area contributed by atoms with Crippen LogP contribution < -0.4 is 19.5 Å². The standard InChI is InChI=1S/C24H25N3S/c1-7-9-21-20(6)24(26-15-13-19(5)28-23(21)8-2)22-11-10-17(3)12-14-25-16-18(4)27-22/h7-16H,1,5-6H2,2-4H3/b11-10?,14-12?,15-13?,17-10?,17-12?,18-16?,21-9-,22-11?,23-8+,25-14?,25-16?,26-24?,27-18?,27-22?. The maximum atomic E-state index is 4.74. The molecular formula is C24H25N3S. The molecule has 2 heterocycles. The van der Waals surface area contributed by atoms with Crippen LogP contribution in [0.2, 0.25) is 0 Å². The van der Waals surface area contributed by atoms with Crippen molar-refractivity contribution in [2.45, 2.75) is 20.8 Å². The van der Waals surface area contributed by atoms with Crippen LogP contribution in [0, 0.1) is 13.8 Å². The number of aromatic nitrogens is 3. The summed E-state index contributed by atoms with van der Waals surface area (Å²) in [6.45, 7) is 18.2. The van der Waals surface area contributed by atoms with Gasteiger partial charge in [0.25, 0.3) is 0 Å². The third-order valence-corrected chi connectivity index (χ3v) is 4.93. The lowest BCUT2D eigenvalue weighted by Gasteiger charge is -1.99. The Kier molecular flexibility index (Phi) is 7.78. The molecule has 0 fully saturated rings. The van der Waals surface area contributed by atoms with E-state index in [9.17, 15) is 0 Å². The summed E-state index contributed by atoms with van der Waals surface area (Å²) >= 11 is 1.58. The number of aryl methyl sites for hydroxylation is 2. The molecule has 4 heteroatoms. The molecule has 0 aromatic carbocycles. The van der Waals surface area contributed by atoms with Gasteiger partial charge >= 0.3 is 0 Å². The Morgan fingerprint density at radius 3 is 2.54 bits per heavy atom.